The molecule has 0 aliphatic heterocycles. The molecule has 13 nitrogen and oxygen atoms in total. The quantitative estimate of drug-likeness (QED) is 0.124. The summed E-state index contributed by atoms with van der Waals surface area (Å²) >= 11 is 0.744. The van der Waals surface area contributed by atoms with Gasteiger partial charge in [0.1, 0.15) is 17.4 Å². The van der Waals surface area contributed by atoms with Crippen LogP contribution in [0.1, 0.15) is 62.5 Å². The van der Waals surface area contributed by atoms with E-state index in [9.17, 15) is 24.1 Å². The summed E-state index contributed by atoms with van der Waals surface area (Å²) in [5.74, 6) is 0.0257. The molecule has 4 heterocycles. The van der Waals surface area contributed by atoms with Gasteiger partial charge in [-0.05, 0) is 43.2 Å². The maximum absolute atomic E-state index is 13.5. The Balaban J connectivity index is 0.000000488. The van der Waals surface area contributed by atoms with Crippen LogP contribution in [0.25, 0.3) is 22.7 Å². The predicted octanol–water partition coefficient (Wildman–Crippen LogP) is 6.31. The van der Waals surface area contributed by atoms with Crippen molar-refractivity contribution in [1.29, 1.82) is 0 Å². The third-order valence-electron chi connectivity index (χ3n) is 6.14. The molecule has 0 radical (unpaired) electrons. The number of halogens is 1. The fraction of sp³-hybridized carbons (Fsp3) is 0.310. The van der Waals surface area contributed by atoms with E-state index < -0.39 is 16.6 Å². The third kappa shape index (κ3) is 7.86. The second-order valence-corrected chi connectivity index (χ2v) is 10.5. The molecule has 44 heavy (non-hydrogen) atoms. The SMILES string of the molecule is CCCCC(=O)CC.CCCOc1ccn(-c2nc(NC(=O)c3ccc([N+](=O)[O-])s3)c3cnn(-c4ccc(F)cc4)c3n2)n1. The van der Waals surface area contributed by atoms with Gasteiger partial charge in [-0.15, -0.1) is 5.10 Å². The van der Waals surface area contributed by atoms with Crippen molar-refractivity contribution >= 4 is 44.9 Å². The molecule has 0 unspecified atom stereocenters. The molecule has 0 aliphatic carbocycles. The van der Waals surface area contributed by atoms with Crippen LogP contribution in [0.3, 0.4) is 0 Å². The van der Waals surface area contributed by atoms with Gasteiger partial charge in [0.2, 0.25) is 5.88 Å². The van der Waals surface area contributed by atoms with E-state index in [2.05, 4.69) is 32.4 Å². The smallest absolute Gasteiger partial charge is 0.324 e. The van der Waals surface area contributed by atoms with E-state index in [1.165, 1.54) is 52.0 Å². The van der Waals surface area contributed by atoms with E-state index in [-0.39, 0.29) is 21.6 Å². The molecular formula is C29H31FN8O5S. The number of Topliss-reactive ketones (excluding diaryl/α,β-unsaturated/α-hetero) is 1. The second kappa shape index (κ2) is 14.9. The minimum atomic E-state index is -0.582. The number of thiophene rings is 1. The molecule has 4 aromatic heterocycles. The van der Waals surface area contributed by atoms with Crippen molar-refractivity contribution in [3.8, 4) is 17.5 Å². The third-order valence-corrected chi connectivity index (χ3v) is 7.18. The van der Waals surface area contributed by atoms with Gasteiger partial charge in [-0.3, -0.25) is 19.7 Å². The highest BCUT2D eigenvalue weighted by Crippen LogP contribution is 2.28. The lowest BCUT2D eigenvalue weighted by molar-refractivity contribution is -0.380. The molecule has 1 N–H and O–H groups in total. The van der Waals surface area contributed by atoms with E-state index in [0.29, 0.717) is 41.4 Å². The Bertz CT molecular complexity index is 1750. The first-order valence-electron chi connectivity index (χ1n) is 14.0. The van der Waals surface area contributed by atoms with E-state index >= 15 is 0 Å². The highest BCUT2D eigenvalue weighted by Gasteiger charge is 2.20. The lowest BCUT2D eigenvalue weighted by Gasteiger charge is -2.09. The second-order valence-electron chi connectivity index (χ2n) is 9.43. The topological polar surface area (TPSA) is 160 Å². The average molecular weight is 623 g/mol. The van der Waals surface area contributed by atoms with Crippen LogP contribution in [0.15, 0.2) is 54.9 Å². The number of benzene rings is 1. The Morgan fingerprint density at radius 2 is 1.84 bits per heavy atom. The predicted molar refractivity (Wildman–Crippen MR) is 163 cm³/mol. The minimum absolute atomic E-state index is 0.116. The number of nitro groups is 1. The molecule has 1 amide bonds. The van der Waals surface area contributed by atoms with Crippen LogP contribution in [0.4, 0.5) is 15.2 Å². The molecule has 0 fully saturated rings. The number of aromatic nitrogens is 6. The summed E-state index contributed by atoms with van der Waals surface area (Å²) in [6.07, 6.45) is 7.57. The van der Waals surface area contributed by atoms with E-state index in [4.69, 9.17) is 4.74 Å². The summed E-state index contributed by atoms with van der Waals surface area (Å²) in [4.78, 5) is 43.1. The first-order chi connectivity index (χ1) is 21.2. The van der Waals surface area contributed by atoms with Crippen LogP contribution < -0.4 is 10.1 Å². The number of amides is 1. The molecule has 0 bridgehead atoms. The van der Waals surface area contributed by atoms with Crippen LogP contribution in [0, 0.1) is 15.9 Å². The van der Waals surface area contributed by atoms with Gasteiger partial charge in [-0.25, -0.2) is 13.8 Å². The number of carbonyl (C=O) groups is 2. The van der Waals surface area contributed by atoms with Gasteiger partial charge in [-0.2, -0.15) is 15.1 Å². The van der Waals surface area contributed by atoms with E-state index in [1.807, 2.05) is 13.8 Å². The molecule has 0 saturated carbocycles. The summed E-state index contributed by atoms with van der Waals surface area (Å²) in [6, 6.07) is 9.95. The van der Waals surface area contributed by atoms with Crippen molar-refractivity contribution in [2.24, 2.45) is 0 Å². The maximum Gasteiger partial charge on any atom is 0.324 e. The summed E-state index contributed by atoms with van der Waals surface area (Å²) in [5.41, 5.74) is 0.861. The molecule has 230 valence electrons. The molecule has 5 rings (SSSR count). The van der Waals surface area contributed by atoms with Crippen molar-refractivity contribution in [2.75, 3.05) is 11.9 Å². The molecule has 0 spiro atoms. The first-order valence-corrected chi connectivity index (χ1v) is 14.8. The number of ketones is 1. The fourth-order valence-electron chi connectivity index (χ4n) is 3.84. The Morgan fingerprint density at radius 1 is 1.07 bits per heavy atom. The maximum atomic E-state index is 13.5. The fourth-order valence-corrected chi connectivity index (χ4v) is 4.55. The monoisotopic (exact) mass is 622 g/mol. The summed E-state index contributed by atoms with van der Waals surface area (Å²) in [5, 5.41) is 22.6. The number of unbranched alkanes of at least 4 members (excludes halogenated alkanes) is 1. The number of nitrogens with one attached hydrogen (secondary N) is 1. The van der Waals surface area contributed by atoms with Crippen molar-refractivity contribution in [2.45, 2.75) is 52.9 Å². The standard InChI is InChI=1S/C22H17FN8O4S.C7H14O/c1-2-11-35-17-9-10-29(28-17)22-26-19(25-21(32)16-7-8-18(36-16)31(33)34)15-12-24-30(20(15)27-22)14-5-3-13(23)4-6-14;1-3-5-6-7(8)4-2/h3-10,12H,2,11H2,1H3,(H,25,26,27,32);3-6H2,1-2H3. The highest BCUT2D eigenvalue weighted by molar-refractivity contribution is 7.17. The number of rotatable bonds is 12. The van der Waals surface area contributed by atoms with Crippen LogP contribution in [-0.4, -0.2) is 52.7 Å². The van der Waals surface area contributed by atoms with Gasteiger partial charge in [0, 0.05) is 31.2 Å². The van der Waals surface area contributed by atoms with Crippen molar-refractivity contribution in [3.63, 3.8) is 0 Å². The van der Waals surface area contributed by atoms with Crippen LogP contribution in [-0.2, 0) is 4.79 Å². The van der Waals surface area contributed by atoms with Crippen molar-refractivity contribution in [3.05, 3.63) is 75.7 Å². The molecular weight excluding hydrogens is 591 g/mol. The highest BCUT2D eigenvalue weighted by atomic mass is 32.1. The number of hydrogen-bond acceptors (Lipinski definition) is 10. The lowest BCUT2D eigenvalue weighted by Crippen LogP contribution is -2.14. The average Bonchev–Trinajstić information content (AvgIpc) is 3.80. The van der Waals surface area contributed by atoms with Gasteiger partial charge in [0.25, 0.3) is 11.9 Å². The van der Waals surface area contributed by atoms with E-state index in [0.717, 1.165) is 37.0 Å². The van der Waals surface area contributed by atoms with Gasteiger partial charge in [0.15, 0.2) is 5.65 Å². The number of carbonyl (C=O) groups excluding carboxylic acids is 2. The Hall–Kier alpha value is -5.05. The molecule has 0 aliphatic rings. The van der Waals surface area contributed by atoms with Crippen molar-refractivity contribution in [1.82, 2.24) is 29.5 Å². The van der Waals surface area contributed by atoms with Gasteiger partial charge in [0.05, 0.1) is 33.7 Å². The van der Waals surface area contributed by atoms with E-state index in [1.54, 1.807) is 12.3 Å². The normalized spacial score (nSPS) is 10.7. The first kappa shape index (κ1) is 31.9. The Labute approximate surface area is 255 Å². The van der Waals surface area contributed by atoms with Gasteiger partial charge in [-0.1, -0.05) is 38.5 Å². The largest absolute Gasteiger partial charge is 0.477 e. The summed E-state index contributed by atoms with van der Waals surface area (Å²) in [7, 11) is 0. The molecule has 0 atom stereocenters. The lowest BCUT2D eigenvalue weighted by atomic mass is 10.1. The number of hydrogen-bond donors (Lipinski definition) is 1. The number of nitrogens with zero attached hydrogens (tertiary/aromatic N) is 7. The Kier molecular flexibility index (Phi) is 10.8. The van der Waals surface area contributed by atoms with Crippen LogP contribution in [0.5, 0.6) is 5.88 Å². The number of fused-ring (bicyclic) bond motifs is 1. The minimum Gasteiger partial charge on any atom is -0.477 e. The molecule has 15 heteroatoms. The van der Waals surface area contributed by atoms with Gasteiger partial charge >= 0.3 is 5.00 Å². The zero-order valence-corrected chi connectivity index (χ0v) is 25.2. The molecule has 1 aromatic carbocycles. The van der Waals surface area contributed by atoms with Gasteiger partial charge < -0.3 is 10.1 Å². The molecule has 5 aromatic rings. The summed E-state index contributed by atoms with van der Waals surface area (Å²) < 4.78 is 21.9. The zero-order valence-electron chi connectivity index (χ0n) is 24.4. The van der Waals surface area contributed by atoms with Crippen LogP contribution in [0.2, 0.25) is 0 Å². The number of anilines is 1. The molecule has 0 saturated heterocycles. The van der Waals surface area contributed by atoms with Crippen molar-refractivity contribution < 1.29 is 23.6 Å². The summed E-state index contributed by atoms with van der Waals surface area (Å²) in [6.45, 7) is 6.48. The zero-order chi connectivity index (χ0) is 31.6. The van der Waals surface area contributed by atoms with Crippen LogP contribution >= 0.6 is 11.3 Å². The number of ether oxygens (including phenoxy) is 1. The Morgan fingerprint density at radius 3 is 2.50 bits per heavy atom.